The summed E-state index contributed by atoms with van der Waals surface area (Å²) < 4.78 is 13.4. The zero-order chi connectivity index (χ0) is 20.8. The second-order valence-corrected chi connectivity index (χ2v) is 7.23. The van der Waals surface area contributed by atoms with Crippen LogP contribution in [0.3, 0.4) is 0 Å². The lowest BCUT2D eigenvalue weighted by Gasteiger charge is -2.10. The van der Waals surface area contributed by atoms with E-state index in [4.69, 9.17) is 0 Å². The van der Waals surface area contributed by atoms with Gasteiger partial charge in [-0.15, -0.1) is 5.10 Å². The number of hydrogen-bond donors (Lipinski definition) is 2. The SMILES string of the molecule is CC(Sc1n[nH]c(/C=C/c2ccccc2)n1)C(=O)Nc1ccc(F)c([N+](=O)[O-])c1. The number of halogens is 1. The Kier molecular flexibility index (Phi) is 6.35. The van der Waals surface area contributed by atoms with Gasteiger partial charge in [0.15, 0.2) is 0 Å². The van der Waals surface area contributed by atoms with Gasteiger partial charge < -0.3 is 5.32 Å². The molecule has 0 fully saturated rings. The number of thioether (sulfide) groups is 1. The van der Waals surface area contributed by atoms with Gasteiger partial charge in [0.25, 0.3) is 0 Å². The van der Waals surface area contributed by atoms with Crippen LogP contribution in [0.1, 0.15) is 18.3 Å². The van der Waals surface area contributed by atoms with Gasteiger partial charge in [-0.25, -0.2) is 4.98 Å². The second-order valence-electron chi connectivity index (χ2n) is 5.92. The first-order valence-corrected chi connectivity index (χ1v) is 9.37. The summed E-state index contributed by atoms with van der Waals surface area (Å²) in [7, 11) is 0. The van der Waals surface area contributed by atoms with Crippen LogP contribution in [0.5, 0.6) is 0 Å². The van der Waals surface area contributed by atoms with Crippen LogP contribution in [0.25, 0.3) is 12.2 Å². The van der Waals surface area contributed by atoms with E-state index in [2.05, 4.69) is 20.5 Å². The summed E-state index contributed by atoms with van der Waals surface area (Å²) in [5, 5.41) is 20.0. The van der Waals surface area contributed by atoms with Crippen molar-refractivity contribution in [1.82, 2.24) is 15.2 Å². The first-order chi connectivity index (χ1) is 13.9. The van der Waals surface area contributed by atoms with Gasteiger partial charge in [-0.1, -0.05) is 48.2 Å². The van der Waals surface area contributed by atoms with Gasteiger partial charge in [0.2, 0.25) is 16.9 Å². The molecule has 0 aliphatic carbocycles. The van der Waals surface area contributed by atoms with E-state index < -0.39 is 27.6 Å². The highest BCUT2D eigenvalue weighted by Crippen LogP contribution is 2.24. The zero-order valence-corrected chi connectivity index (χ0v) is 16.0. The van der Waals surface area contributed by atoms with Gasteiger partial charge in [0, 0.05) is 11.8 Å². The van der Waals surface area contributed by atoms with Crippen molar-refractivity contribution < 1.29 is 14.1 Å². The predicted octanol–water partition coefficient (Wildman–Crippen LogP) is 4.14. The van der Waals surface area contributed by atoms with Crippen molar-refractivity contribution in [2.75, 3.05) is 5.32 Å². The second kappa shape index (κ2) is 9.11. The van der Waals surface area contributed by atoms with Crippen LogP contribution in [-0.4, -0.2) is 31.3 Å². The molecular weight excluding hydrogens is 397 g/mol. The fourth-order valence-corrected chi connectivity index (χ4v) is 3.04. The predicted molar refractivity (Wildman–Crippen MR) is 109 cm³/mol. The minimum Gasteiger partial charge on any atom is -0.325 e. The lowest BCUT2D eigenvalue weighted by Crippen LogP contribution is -2.22. The lowest BCUT2D eigenvalue weighted by molar-refractivity contribution is -0.387. The van der Waals surface area contributed by atoms with Crippen molar-refractivity contribution in [3.8, 4) is 0 Å². The lowest BCUT2D eigenvalue weighted by atomic mass is 10.2. The molecule has 148 valence electrons. The van der Waals surface area contributed by atoms with Crippen LogP contribution < -0.4 is 5.32 Å². The standard InChI is InChI=1S/C19H16FN5O3S/c1-12(18(26)21-14-8-9-15(20)16(11-14)25(27)28)29-19-22-17(23-24-19)10-7-13-5-3-2-4-6-13/h2-12H,1H3,(H,21,26)(H,22,23,24)/b10-7+. The summed E-state index contributed by atoms with van der Waals surface area (Å²) in [5.41, 5.74) is 0.447. The highest BCUT2D eigenvalue weighted by atomic mass is 32.2. The molecule has 0 aliphatic rings. The summed E-state index contributed by atoms with van der Waals surface area (Å²) in [6, 6.07) is 12.9. The third-order valence-electron chi connectivity index (χ3n) is 3.78. The number of hydrogen-bond acceptors (Lipinski definition) is 6. The summed E-state index contributed by atoms with van der Waals surface area (Å²) >= 11 is 1.12. The number of H-pyrrole nitrogens is 1. The van der Waals surface area contributed by atoms with Gasteiger partial charge in [0.05, 0.1) is 10.2 Å². The largest absolute Gasteiger partial charge is 0.325 e. The summed E-state index contributed by atoms with van der Waals surface area (Å²) in [6.45, 7) is 1.65. The van der Waals surface area contributed by atoms with Gasteiger partial charge in [-0.2, -0.15) is 4.39 Å². The average Bonchev–Trinajstić information content (AvgIpc) is 3.15. The number of carbonyl (C=O) groups excluding carboxylic acids is 1. The average molecular weight is 413 g/mol. The molecule has 0 aliphatic heterocycles. The van der Waals surface area contributed by atoms with E-state index in [0.29, 0.717) is 11.0 Å². The minimum absolute atomic E-state index is 0.136. The molecule has 1 unspecified atom stereocenters. The Balaban J connectivity index is 1.60. The molecule has 0 saturated carbocycles. The van der Waals surface area contributed by atoms with E-state index in [0.717, 1.165) is 29.5 Å². The van der Waals surface area contributed by atoms with E-state index in [1.807, 2.05) is 36.4 Å². The van der Waals surface area contributed by atoms with Crippen molar-refractivity contribution in [3.63, 3.8) is 0 Å². The Bertz CT molecular complexity index is 1060. The van der Waals surface area contributed by atoms with Gasteiger partial charge >= 0.3 is 5.69 Å². The van der Waals surface area contributed by atoms with Crippen LogP contribution in [0, 0.1) is 15.9 Å². The molecule has 2 N–H and O–H groups in total. The Labute approximate surface area is 169 Å². The number of carbonyl (C=O) groups is 1. The fraction of sp³-hybridized carbons (Fsp3) is 0.105. The van der Waals surface area contributed by atoms with Gasteiger partial charge in [-0.05, 0) is 30.7 Å². The number of aromatic nitrogens is 3. The minimum atomic E-state index is -0.966. The number of anilines is 1. The normalized spacial score (nSPS) is 12.1. The van der Waals surface area contributed by atoms with E-state index in [9.17, 15) is 19.3 Å². The fourth-order valence-electron chi connectivity index (χ4n) is 2.31. The van der Waals surface area contributed by atoms with Gasteiger partial charge in [0.1, 0.15) is 5.82 Å². The molecule has 8 nitrogen and oxygen atoms in total. The van der Waals surface area contributed by atoms with Crippen LogP contribution in [0.2, 0.25) is 0 Å². The van der Waals surface area contributed by atoms with E-state index in [1.165, 1.54) is 6.07 Å². The molecule has 3 aromatic rings. The monoisotopic (exact) mass is 413 g/mol. The van der Waals surface area contributed by atoms with E-state index in [-0.39, 0.29) is 5.69 Å². The quantitative estimate of drug-likeness (QED) is 0.342. The third kappa shape index (κ3) is 5.48. The molecular formula is C19H16FN5O3S. The molecule has 10 heteroatoms. The number of rotatable bonds is 7. The number of nitrogens with zero attached hydrogens (tertiary/aromatic N) is 3. The maximum atomic E-state index is 13.4. The van der Waals surface area contributed by atoms with Crippen LogP contribution >= 0.6 is 11.8 Å². The molecule has 1 heterocycles. The molecule has 1 amide bonds. The van der Waals surface area contributed by atoms with Crippen LogP contribution in [0.4, 0.5) is 15.8 Å². The highest BCUT2D eigenvalue weighted by molar-refractivity contribution is 8.00. The number of nitro groups is 1. The summed E-state index contributed by atoms with van der Waals surface area (Å²) in [5.74, 6) is -0.840. The molecule has 3 rings (SSSR count). The Morgan fingerprint density at radius 3 is 2.76 bits per heavy atom. The number of amides is 1. The summed E-state index contributed by atoms with van der Waals surface area (Å²) in [6.07, 6.45) is 3.65. The number of benzene rings is 2. The smallest absolute Gasteiger partial charge is 0.306 e. The number of nitrogens with one attached hydrogen (secondary N) is 2. The van der Waals surface area contributed by atoms with Gasteiger partial charge in [-0.3, -0.25) is 20.0 Å². The number of nitro benzene ring substituents is 1. The Morgan fingerprint density at radius 2 is 2.03 bits per heavy atom. The Hall–Kier alpha value is -3.53. The van der Waals surface area contributed by atoms with Crippen molar-refractivity contribution in [3.05, 3.63) is 75.9 Å². The molecule has 29 heavy (non-hydrogen) atoms. The molecule has 0 radical (unpaired) electrons. The first-order valence-electron chi connectivity index (χ1n) is 8.49. The molecule has 0 spiro atoms. The van der Waals surface area contributed by atoms with Crippen molar-refractivity contribution in [2.45, 2.75) is 17.3 Å². The first kappa shape index (κ1) is 20.2. The van der Waals surface area contributed by atoms with E-state index in [1.54, 1.807) is 13.0 Å². The van der Waals surface area contributed by atoms with Crippen molar-refractivity contribution >= 4 is 41.2 Å². The topological polar surface area (TPSA) is 114 Å². The Morgan fingerprint density at radius 1 is 1.28 bits per heavy atom. The molecule has 0 bridgehead atoms. The van der Waals surface area contributed by atoms with Crippen LogP contribution in [0.15, 0.2) is 53.7 Å². The maximum absolute atomic E-state index is 13.4. The van der Waals surface area contributed by atoms with Crippen molar-refractivity contribution in [2.24, 2.45) is 0 Å². The van der Waals surface area contributed by atoms with Crippen molar-refractivity contribution in [1.29, 1.82) is 0 Å². The molecule has 2 aromatic carbocycles. The molecule has 1 aromatic heterocycles. The number of aromatic amines is 1. The van der Waals surface area contributed by atoms with E-state index >= 15 is 0 Å². The maximum Gasteiger partial charge on any atom is 0.306 e. The van der Waals surface area contributed by atoms with Crippen LogP contribution in [-0.2, 0) is 4.79 Å². The summed E-state index contributed by atoms with van der Waals surface area (Å²) in [4.78, 5) is 26.6. The molecule has 0 saturated heterocycles. The highest BCUT2D eigenvalue weighted by Gasteiger charge is 2.19. The molecule has 1 atom stereocenters. The zero-order valence-electron chi connectivity index (χ0n) is 15.2. The third-order valence-corrected chi connectivity index (χ3v) is 4.74.